The SMILES string of the molecule is COC(=O)CCCNC(=O)CCCCBr. The van der Waals surface area contributed by atoms with Gasteiger partial charge in [-0.25, -0.2) is 0 Å². The number of nitrogens with one attached hydrogen (secondary N) is 1. The molecule has 4 nitrogen and oxygen atoms in total. The van der Waals surface area contributed by atoms with E-state index in [1.807, 2.05) is 0 Å². The van der Waals surface area contributed by atoms with Crippen LogP contribution in [0.3, 0.4) is 0 Å². The van der Waals surface area contributed by atoms with Gasteiger partial charge in [-0.15, -0.1) is 0 Å². The van der Waals surface area contributed by atoms with Crippen molar-refractivity contribution in [3.63, 3.8) is 0 Å². The summed E-state index contributed by atoms with van der Waals surface area (Å²) in [5, 5.41) is 3.69. The molecule has 0 aromatic heterocycles. The first-order chi connectivity index (χ1) is 7.20. The summed E-state index contributed by atoms with van der Waals surface area (Å²) >= 11 is 3.30. The van der Waals surface area contributed by atoms with Gasteiger partial charge in [0.2, 0.25) is 5.91 Å². The first-order valence-electron chi connectivity index (χ1n) is 5.10. The van der Waals surface area contributed by atoms with E-state index in [0.717, 1.165) is 18.2 Å². The molecule has 15 heavy (non-hydrogen) atoms. The number of hydrogen-bond acceptors (Lipinski definition) is 3. The van der Waals surface area contributed by atoms with E-state index in [0.29, 0.717) is 25.8 Å². The summed E-state index contributed by atoms with van der Waals surface area (Å²) in [5.41, 5.74) is 0. The second-order valence-electron chi connectivity index (χ2n) is 3.18. The van der Waals surface area contributed by atoms with Crippen LogP contribution in [-0.4, -0.2) is 30.9 Å². The summed E-state index contributed by atoms with van der Waals surface area (Å²) in [6, 6.07) is 0. The number of carbonyl (C=O) groups excluding carboxylic acids is 2. The van der Waals surface area contributed by atoms with Gasteiger partial charge in [0.15, 0.2) is 0 Å². The maximum atomic E-state index is 11.2. The summed E-state index contributed by atoms with van der Waals surface area (Å²) in [6.45, 7) is 0.544. The first kappa shape index (κ1) is 14.4. The van der Waals surface area contributed by atoms with Crippen LogP contribution < -0.4 is 5.32 Å². The molecule has 0 fully saturated rings. The Morgan fingerprint density at radius 2 is 1.93 bits per heavy atom. The predicted octanol–water partition coefficient (Wildman–Crippen LogP) is 1.62. The fourth-order valence-corrected chi connectivity index (χ4v) is 1.43. The predicted molar refractivity (Wildman–Crippen MR) is 61.9 cm³/mol. The van der Waals surface area contributed by atoms with Crippen LogP contribution in [0, 0.1) is 0 Å². The van der Waals surface area contributed by atoms with E-state index in [4.69, 9.17) is 0 Å². The number of methoxy groups -OCH3 is 1. The number of hydrogen-bond donors (Lipinski definition) is 1. The molecule has 0 rings (SSSR count). The highest BCUT2D eigenvalue weighted by Crippen LogP contribution is 1.98. The maximum Gasteiger partial charge on any atom is 0.305 e. The smallest absolute Gasteiger partial charge is 0.305 e. The largest absolute Gasteiger partial charge is 0.469 e. The molecule has 0 saturated heterocycles. The van der Waals surface area contributed by atoms with Crippen molar-refractivity contribution in [2.45, 2.75) is 32.1 Å². The van der Waals surface area contributed by atoms with Crippen molar-refractivity contribution in [3.8, 4) is 0 Å². The number of esters is 1. The van der Waals surface area contributed by atoms with Crippen LogP contribution in [0.1, 0.15) is 32.1 Å². The Labute approximate surface area is 98.9 Å². The third kappa shape index (κ3) is 9.72. The van der Waals surface area contributed by atoms with Gasteiger partial charge in [-0.3, -0.25) is 9.59 Å². The van der Waals surface area contributed by atoms with E-state index in [-0.39, 0.29) is 11.9 Å². The summed E-state index contributed by atoms with van der Waals surface area (Å²) in [7, 11) is 1.36. The number of rotatable bonds is 8. The highest BCUT2D eigenvalue weighted by Gasteiger charge is 2.02. The molecule has 0 bridgehead atoms. The molecule has 0 aromatic rings. The van der Waals surface area contributed by atoms with Gasteiger partial charge in [0.25, 0.3) is 0 Å². The molecule has 1 amide bonds. The number of halogens is 1. The molecule has 0 saturated carbocycles. The average molecular weight is 280 g/mol. The lowest BCUT2D eigenvalue weighted by Crippen LogP contribution is -2.24. The van der Waals surface area contributed by atoms with Crippen LogP contribution in [0.25, 0.3) is 0 Å². The average Bonchev–Trinajstić information content (AvgIpc) is 2.24. The highest BCUT2D eigenvalue weighted by atomic mass is 79.9. The Balaban J connectivity index is 3.27. The Morgan fingerprint density at radius 3 is 2.53 bits per heavy atom. The lowest BCUT2D eigenvalue weighted by Gasteiger charge is -2.03. The van der Waals surface area contributed by atoms with Gasteiger partial charge in [0.1, 0.15) is 0 Å². The standard InChI is InChI=1S/C10H18BrNO3/c1-15-10(14)6-4-8-12-9(13)5-2-3-7-11/h2-8H2,1H3,(H,12,13). The molecule has 0 spiro atoms. The van der Waals surface area contributed by atoms with E-state index in [1.165, 1.54) is 7.11 Å². The summed E-state index contributed by atoms with van der Waals surface area (Å²) in [6.07, 6.45) is 3.46. The van der Waals surface area contributed by atoms with E-state index >= 15 is 0 Å². The van der Waals surface area contributed by atoms with Gasteiger partial charge < -0.3 is 10.1 Å². The minimum atomic E-state index is -0.233. The lowest BCUT2D eigenvalue weighted by atomic mass is 10.2. The van der Waals surface area contributed by atoms with Gasteiger partial charge in [0.05, 0.1) is 7.11 Å². The van der Waals surface area contributed by atoms with Crippen molar-refractivity contribution in [2.24, 2.45) is 0 Å². The number of ether oxygens (including phenoxy) is 1. The molecule has 0 atom stereocenters. The fraction of sp³-hybridized carbons (Fsp3) is 0.800. The third-order valence-corrected chi connectivity index (χ3v) is 2.46. The number of carbonyl (C=O) groups is 2. The van der Waals surface area contributed by atoms with Crippen LogP contribution in [0.15, 0.2) is 0 Å². The van der Waals surface area contributed by atoms with Crippen molar-refractivity contribution < 1.29 is 14.3 Å². The van der Waals surface area contributed by atoms with E-state index in [1.54, 1.807) is 0 Å². The zero-order valence-corrected chi connectivity index (χ0v) is 10.6. The number of alkyl halides is 1. The van der Waals surface area contributed by atoms with Gasteiger partial charge >= 0.3 is 5.97 Å². The molecule has 0 aliphatic carbocycles. The molecule has 1 N–H and O–H groups in total. The molecular weight excluding hydrogens is 262 g/mol. The Hall–Kier alpha value is -0.580. The number of amides is 1. The molecule has 0 unspecified atom stereocenters. The molecule has 0 radical (unpaired) electrons. The first-order valence-corrected chi connectivity index (χ1v) is 6.22. The van der Waals surface area contributed by atoms with Crippen molar-refractivity contribution in [1.82, 2.24) is 5.32 Å². The van der Waals surface area contributed by atoms with E-state index in [2.05, 4.69) is 26.0 Å². The lowest BCUT2D eigenvalue weighted by molar-refractivity contribution is -0.140. The van der Waals surface area contributed by atoms with Gasteiger partial charge in [-0.1, -0.05) is 15.9 Å². The third-order valence-electron chi connectivity index (χ3n) is 1.89. The highest BCUT2D eigenvalue weighted by molar-refractivity contribution is 9.09. The van der Waals surface area contributed by atoms with Crippen LogP contribution in [0.2, 0.25) is 0 Å². The zero-order chi connectivity index (χ0) is 11.5. The Morgan fingerprint density at radius 1 is 1.20 bits per heavy atom. The van der Waals surface area contributed by atoms with E-state index < -0.39 is 0 Å². The van der Waals surface area contributed by atoms with Gasteiger partial charge in [-0.2, -0.15) is 0 Å². The topological polar surface area (TPSA) is 55.4 Å². The summed E-state index contributed by atoms with van der Waals surface area (Å²) < 4.78 is 4.48. The minimum absolute atomic E-state index is 0.0563. The van der Waals surface area contributed by atoms with Crippen molar-refractivity contribution in [2.75, 3.05) is 19.0 Å². The van der Waals surface area contributed by atoms with Gasteiger partial charge in [0, 0.05) is 24.7 Å². The van der Waals surface area contributed by atoms with Crippen LogP contribution in [0.4, 0.5) is 0 Å². The second-order valence-corrected chi connectivity index (χ2v) is 3.97. The molecule has 0 heterocycles. The van der Waals surface area contributed by atoms with Gasteiger partial charge in [-0.05, 0) is 19.3 Å². The Kier molecular flexibility index (Phi) is 9.57. The van der Waals surface area contributed by atoms with Crippen LogP contribution in [0.5, 0.6) is 0 Å². The molecule has 0 aliphatic heterocycles. The molecule has 0 aliphatic rings. The molecular formula is C10H18BrNO3. The normalized spacial score (nSPS) is 9.73. The van der Waals surface area contributed by atoms with Crippen molar-refractivity contribution >= 4 is 27.8 Å². The quantitative estimate of drug-likeness (QED) is 0.417. The monoisotopic (exact) mass is 279 g/mol. The second kappa shape index (κ2) is 9.96. The summed E-state index contributed by atoms with van der Waals surface area (Å²) in [5.74, 6) is -0.177. The Bertz CT molecular complexity index is 197. The van der Waals surface area contributed by atoms with Crippen LogP contribution >= 0.6 is 15.9 Å². The molecule has 0 aromatic carbocycles. The maximum absolute atomic E-state index is 11.2. The molecule has 88 valence electrons. The fourth-order valence-electron chi connectivity index (χ4n) is 1.03. The molecule has 5 heteroatoms. The number of unbranched alkanes of at least 4 members (excludes halogenated alkanes) is 1. The van der Waals surface area contributed by atoms with E-state index in [9.17, 15) is 9.59 Å². The van der Waals surface area contributed by atoms with Crippen molar-refractivity contribution in [3.05, 3.63) is 0 Å². The summed E-state index contributed by atoms with van der Waals surface area (Å²) in [4.78, 5) is 21.9. The van der Waals surface area contributed by atoms with Crippen molar-refractivity contribution in [1.29, 1.82) is 0 Å². The zero-order valence-electron chi connectivity index (χ0n) is 9.05. The van der Waals surface area contributed by atoms with Crippen LogP contribution in [-0.2, 0) is 14.3 Å². The minimum Gasteiger partial charge on any atom is -0.469 e.